The van der Waals surface area contributed by atoms with Crippen LogP contribution in [0.1, 0.15) is 16.0 Å². The number of nitrogen functional groups attached to an aromatic ring is 1. The van der Waals surface area contributed by atoms with Gasteiger partial charge in [0.25, 0.3) is 0 Å². The third kappa shape index (κ3) is 2.48. The minimum absolute atomic E-state index is 0.860. The van der Waals surface area contributed by atoms with Crippen molar-refractivity contribution in [3.05, 3.63) is 74.6 Å². The highest BCUT2D eigenvalue weighted by atomic mass is 32.1. The number of nitrogens with zero attached hydrogens (tertiary/aromatic N) is 1. The first kappa shape index (κ1) is 17.3. The van der Waals surface area contributed by atoms with Crippen LogP contribution in [-0.2, 0) is 0 Å². The molecule has 132 valence electrons. The summed E-state index contributed by atoms with van der Waals surface area (Å²) in [7, 11) is 2.39. The largest absolute Gasteiger partial charge is 0.399 e. The third-order valence-corrected chi connectivity index (χ3v) is 10.1. The summed E-state index contributed by atoms with van der Waals surface area (Å²) in [4.78, 5) is 1.37. The van der Waals surface area contributed by atoms with Crippen LogP contribution in [0.15, 0.2) is 58.6 Å². The predicted molar refractivity (Wildman–Crippen MR) is 117 cm³/mol. The maximum Gasteiger partial charge on any atom is 0.199 e. The van der Waals surface area contributed by atoms with Gasteiger partial charge < -0.3 is 5.73 Å². The van der Waals surface area contributed by atoms with Crippen molar-refractivity contribution in [3.8, 4) is 0 Å². The molecule has 0 atom stereocenters. The molecule has 2 aromatic rings. The summed E-state index contributed by atoms with van der Waals surface area (Å²) in [5, 5.41) is 5.15. The molecular weight excluding hydrogens is 352 g/mol. The zero-order chi connectivity index (χ0) is 18.6. The van der Waals surface area contributed by atoms with Gasteiger partial charge in [0.05, 0.1) is 0 Å². The molecular formula is C22H25N2SSi+. The van der Waals surface area contributed by atoms with E-state index in [2.05, 4.69) is 80.5 Å². The number of rotatable bonds is 1. The normalized spacial score (nSPS) is 17.7. The summed E-state index contributed by atoms with van der Waals surface area (Å²) in [5.41, 5.74) is 13.8. The van der Waals surface area contributed by atoms with Gasteiger partial charge in [0.2, 0.25) is 0 Å². The average Bonchev–Trinajstić information content (AvgIpc) is 3.01. The molecule has 0 unspecified atom stereocenters. The number of thiophene rings is 1. The van der Waals surface area contributed by atoms with E-state index in [-0.39, 0.29) is 0 Å². The lowest BCUT2D eigenvalue weighted by atomic mass is 9.92. The first-order valence-corrected chi connectivity index (χ1v) is 12.8. The standard InChI is InChI=1S/C22H24N2SSi/c1-14-10-11-25-22(14)21-17-8-6-15(23)12-19(17)26(4,5)20-13-16(24(2)3)7-9-18(20)21/h6-13,23H,1-5H3/p+1. The van der Waals surface area contributed by atoms with Crippen LogP contribution in [-0.4, -0.2) is 32.5 Å². The molecule has 0 radical (unpaired) electrons. The highest BCUT2D eigenvalue weighted by Gasteiger charge is 2.40. The van der Waals surface area contributed by atoms with Crippen molar-refractivity contribution in [2.45, 2.75) is 20.0 Å². The van der Waals surface area contributed by atoms with Gasteiger partial charge in [-0.2, -0.15) is 0 Å². The van der Waals surface area contributed by atoms with Gasteiger partial charge in [-0.15, -0.1) is 11.3 Å². The number of aryl methyl sites for hydroxylation is 1. The van der Waals surface area contributed by atoms with Crippen molar-refractivity contribution in [3.63, 3.8) is 0 Å². The molecule has 26 heavy (non-hydrogen) atoms. The maximum atomic E-state index is 6.20. The van der Waals surface area contributed by atoms with Crippen LogP contribution < -0.4 is 10.9 Å². The van der Waals surface area contributed by atoms with E-state index in [1.807, 2.05) is 17.4 Å². The lowest BCUT2D eigenvalue weighted by molar-refractivity contribution is -0.462. The topological polar surface area (TPSA) is 29.0 Å². The van der Waals surface area contributed by atoms with E-state index in [0.29, 0.717) is 0 Å². The molecule has 2 N–H and O–H groups in total. The Morgan fingerprint density at radius 3 is 2.50 bits per heavy atom. The van der Waals surface area contributed by atoms with Crippen LogP contribution in [0, 0.1) is 6.92 Å². The lowest BCUT2D eigenvalue weighted by Gasteiger charge is -2.37. The SMILES string of the molecule is Cc1ccsc1C1=C2C=CC(=[N+](C)C)C=C2[Si](C)(C)c2cc(N)ccc21. The van der Waals surface area contributed by atoms with Crippen molar-refractivity contribution < 1.29 is 4.58 Å². The van der Waals surface area contributed by atoms with Crippen molar-refractivity contribution >= 4 is 41.6 Å². The van der Waals surface area contributed by atoms with E-state index in [4.69, 9.17) is 5.73 Å². The summed E-state index contributed by atoms with van der Waals surface area (Å²) >= 11 is 1.83. The van der Waals surface area contributed by atoms with Gasteiger partial charge in [0.15, 0.2) is 5.71 Å². The molecule has 0 saturated heterocycles. The molecule has 2 aliphatic rings. The fourth-order valence-electron chi connectivity index (χ4n) is 4.01. The number of fused-ring (bicyclic) bond motifs is 2. The summed E-state index contributed by atoms with van der Waals surface area (Å²) in [6.45, 7) is 7.10. The Balaban J connectivity index is 2.12. The second-order valence-corrected chi connectivity index (χ2v) is 13.1. The lowest BCUT2D eigenvalue weighted by Crippen LogP contribution is -2.49. The van der Waals surface area contributed by atoms with Crippen LogP contribution >= 0.6 is 11.3 Å². The molecule has 1 aromatic carbocycles. The van der Waals surface area contributed by atoms with Gasteiger partial charge in [-0.05, 0) is 63.7 Å². The highest BCUT2D eigenvalue weighted by molar-refractivity contribution is 7.11. The number of allylic oxidation sites excluding steroid dienone is 5. The quantitative estimate of drug-likeness (QED) is 0.452. The predicted octanol–water partition coefficient (Wildman–Crippen LogP) is 4.12. The van der Waals surface area contributed by atoms with Crippen LogP contribution in [0.2, 0.25) is 13.1 Å². The molecule has 0 amide bonds. The monoisotopic (exact) mass is 377 g/mol. The van der Waals surface area contributed by atoms with E-state index in [9.17, 15) is 0 Å². The van der Waals surface area contributed by atoms with Crippen molar-refractivity contribution in [2.24, 2.45) is 0 Å². The summed E-state index contributed by atoms with van der Waals surface area (Å²) < 4.78 is 2.19. The molecule has 2 nitrogen and oxygen atoms in total. The first-order valence-electron chi connectivity index (χ1n) is 8.94. The molecule has 0 saturated carbocycles. The minimum Gasteiger partial charge on any atom is -0.399 e. The Bertz CT molecular complexity index is 1040. The molecule has 4 rings (SSSR count). The Kier molecular flexibility index (Phi) is 3.93. The van der Waals surface area contributed by atoms with Gasteiger partial charge >= 0.3 is 0 Å². The van der Waals surface area contributed by atoms with Gasteiger partial charge in [0, 0.05) is 28.3 Å². The number of hydrogen-bond donors (Lipinski definition) is 1. The highest BCUT2D eigenvalue weighted by Crippen LogP contribution is 2.43. The van der Waals surface area contributed by atoms with Crippen molar-refractivity contribution in [1.82, 2.24) is 0 Å². The second-order valence-electron chi connectivity index (χ2n) is 7.86. The molecule has 2 heterocycles. The van der Waals surface area contributed by atoms with E-state index in [1.165, 1.54) is 43.2 Å². The number of benzene rings is 1. The molecule has 1 aromatic heterocycles. The Morgan fingerprint density at radius 2 is 1.85 bits per heavy atom. The summed E-state index contributed by atoms with van der Waals surface area (Å²) in [6, 6.07) is 8.72. The smallest absolute Gasteiger partial charge is 0.199 e. The van der Waals surface area contributed by atoms with Crippen LogP contribution in [0.25, 0.3) is 5.57 Å². The zero-order valence-corrected chi connectivity index (χ0v) is 17.9. The molecule has 0 spiro atoms. The van der Waals surface area contributed by atoms with Crippen molar-refractivity contribution in [1.29, 1.82) is 0 Å². The first-order chi connectivity index (χ1) is 12.3. The third-order valence-electron chi connectivity index (χ3n) is 5.54. The van der Waals surface area contributed by atoms with E-state index >= 15 is 0 Å². The summed E-state index contributed by atoms with van der Waals surface area (Å²) in [5.74, 6) is 0. The molecule has 0 fully saturated rings. The van der Waals surface area contributed by atoms with Gasteiger partial charge in [-0.3, -0.25) is 0 Å². The number of hydrogen-bond acceptors (Lipinski definition) is 2. The Labute approximate surface area is 160 Å². The molecule has 1 aliphatic carbocycles. The number of nitrogens with two attached hydrogens (primary N) is 1. The van der Waals surface area contributed by atoms with Crippen LogP contribution in [0.4, 0.5) is 5.69 Å². The van der Waals surface area contributed by atoms with Gasteiger partial charge in [-0.25, -0.2) is 4.58 Å². The fraction of sp³-hybridized carbons (Fsp3) is 0.227. The number of anilines is 1. The zero-order valence-electron chi connectivity index (χ0n) is 16.1. The molecule has 0 bridgehead atoms. The van der Waals surface area contributed by atoms with Crippen LogP contribution in [0.3, 0.4) is 0 Å². The van der Waals surface area contributed by atoms with E-state index in [1.54, 1.807) is 0 Å². The Hall–Kier alpha value is -2.17. The van der Waals surface area contributed by atoms with Gasteiger partial charge in [0.1, 0.15) is 22.2 Å². The minimum atomic E-state index is -1.83. The summed E-state index contributed by atoms with van der Waals surface area (Å²) in [6.07, 6.45) is 6.97. The van der Waals surface area contributed by atoms with E-state index in [0.717, 1.165) is 5.69 Å². The van der Waals surface area contributed by atoms with E-state index < -0.39 is 8.07 Å². The van der Waals surface area contributed by atoms with Crippen molar-refractivity contribution in [2.75, 3.05) is 19.8 Å². The van der Waals surface area contributed by atoms with Crippen LogP contribution in [0.5, 0.6) is 0 Å². The van der Waals surface area contributed by atoms with Gasteiger partial charge in [-0.1, -0.05) is 19.2 Å². The maximum absolute atomic E-state index is 6.20. The molecule has 4 heteroatoms. The fourth-order valence-corrected chi connectivity index (χ4v) is 8.10. The molecule has 1 aliphatic heterocycles. The Morgan fingerprint density at radius 1 is 1.08 bits per heavy atom. The second kappa shape index (κ2) is 5.93. The average molecular weight is 378 g/mol.